The lowest BCUT2D eigenvalue weighted by Gasteiger charge is -2.20. The zero-order chi connectivity index (χ0) is 10.8. The third-order valence-corrected chi connectivity index (χ3v) is 1.94. The number of phenolic OH excluding ortho intramolecular Hbond substituents is 1. The van der Waals surface area contributed by atoms with Crippen molar-refractivity contribution < 1.29 is 5.11 Å². The highest BCUT2D eigenvalue weighted by atomic mass is 16.3. The van der Waals surface area contributed by atoms with E-state index in [0.29, 0.717) is 12.3 Å². The lowest BCUT2D eigenvalue weighted by atomic mass is 10.1. The first-order valence-electron chi connectivity index (χ1n) is 4.71. The Morgan fingerprint density at radius 2 is 2.07 bits per heavy atom. The molecule has 0 aromatic heterocycles. The van der Waals surface area contributed by atoms with Crippen LogP contribution in [0.4, 0.5) is 5.69 Å². The van der Waals surface area contributed by atoms with Crippen molar-refractivity contribution >= 4 is 5.69 Å². The van der Waals surface area contributed by atoms with E-state index >= 15 is 0 Å². The molecule has 0 bridgehead atoms. The summed E-state index contributed by atoms with van der Waals surface area (Å²) in [4.78, 5) is 0. The Bertz CT molecular complexity index is 316. The van der Waals surface area contributed by atoms with E-state index in [1.165, 1.54) is 0 Å². The van der Waals surface area contributed by atoms with Gasteiger partial charge in [0.15, 0.2) is 0 Å². The molecule has 0 aliphatic carbocycles. The van der Waals surface area contributed by atoms with Crippen LogP contribution in [0.1, 0.15) is 19.4 Å². The van der Waals surface area contributed by atoms with E-state index in [9.17, 15) is 5.11 Å². The van der Waals surface area contributed by atoms with Crippen molar-refractivity contribution in [1.29, 1.82) is 0 Å². The maximum absolute atomic E-state index is 9.21. The molecule has 0 radical (unpaired) electrons. The summed E-state index contributed by atoms with van der Waals surface area (Å²) in [5.74, 6) is 0.292. The Morgan fingerprint density at radius 1 is 1.43 bits per heavy atom. The smallest absolute Gasteiger partial charge is 0.115 e. The molecule has 0 atom stereocenters. The molecule has 14 heavy (non-hydrogen) atoms. The second kappa shape index (κ2) is 3.88. The minimum atomic E-state index is -0.232. The van der Waals surface area contributed by atoms with E-state index in [2.05, 4.69) is 5.32 Å². The molecule has 0 saturated heterocycles. The summed E-state index contributed by atoms with van der Waals surface area (Å²) >= 11 is 0. The number of hydrogen-bond acceptors (Lipinski definition) is 3. The lowest BCUT2D eigenvalue weighted by Crippen LogP contribution is -2.39. The molecule has 0 aliphatic rings. The highest BCUT2D eigenvalue weighted by molar-refractivity contribution is 5.53. The predicted octanol–water partition coefficient (Wildman–Crippen LogP) is 1.85. The predicted molar refractivity (Wildman–Crippen MR) is 59.6 cm³/mol. The minimum Gasteiger partial charge on any atom is -0.508 e. The Morgan fingerprint density at radius 3 is 2.57 bits per heavy atom. The summed E-state index contributed by atoms with van der Waals surface area (Å²) < 4.78 is 0. The van der Waals surface area contributed by atoms with Crippen molar-refractivity contribution in [2.24, 2.45) is 5.73 Å². The van der Waals surface area contributed by atoms with Crippen LogP contribution in [0.5, 0.6) is 5.75 Å². The Kier molecular flexibility index (Phi) is 3.01. The number of aromatic hydroxyl groups is 1. The Balaban J connectivity index is 2.68. The quantitative estimate of drug-likeness (QED) is 0.644. The van der Waals surface area contributed by atoms with E-state index in [1.54, 1.807) is 12.1 Å². The van der Waals surface area contributed by atoms with Crippen molar-refractivity contribution in [3.8, 4) is 5.75 Å². The van der Waals surface area contributed by atoms with E-state index in [4.69, 9.17) is 5.73 Å². The number of nitrogens with two attached hydrogens (primary N) is 1. The topological polar surface area (TPSA) is 58.3 Å². The fourth-order valence-electron chi connectivity index (χ4n) is 1.17. The summed E-state index contributed by atoms with van der Waals surface area (Å²) in [5.41, 5.74) is 7.66. The molecule has 1 aromatic rings. The highest BCUT2D eigenvalue weighted by Crippen LogP contribution is 2.20. The third-order valence-electron chi connectivity index (χ3n) is 1.94. The van der Waals surface area contributed by atoms with Crippen molar-refractivity contribution in [3.63, 3.8) is 0 Å². The van der Waals surface area contributed by atoms with E-state index in [0.717, 1.165) is 11.3 Å². The van der Waals surface area contributed by atoms with Crippen LogP contribution in [-0.2, 0) is 0 Å². The van der Waals surface area contributed by atoms with Gasteiger partial charge in [-0.05, 0) is 44.5 Å². The van der Waals surface area contributed by atoms with Gasteiger partial charge in [0.05, 0.1) is 0 Å². The average molecular weight is 194 g/mol. The molecular formula is C11H18N2O. The maximum Gasteiger partial charge on any atom is 0.115 e. The summed E-state index contributed by atoms with van der Waals surface area (Å²) in [6, 6.07) is 5.25. The van der Waals surface area contributed by atoms with Gasteiger partial charge in [-0.25, -0.2) is 0 Å². The van der Waals surface area contributed by atoms with Gasteiger partial charge in [0, 0.05) is 17.8 Å². The second-order valence-electron chi connectivity index (χ2n) is 4.34. The standard InChI is InChI=1S/C11H18N2O/c1-8-6-9(14)4-5-10(8)13-7-11(2,3)12/h4-6,13-14H,7,12H2,1-3H3. The van der Waals surface area contributed by atoms with Crippen LogP contribution < -0.4 is 11.1 Å². The molecule has 0 aliphatic heterocycles. The molecule has 0 heterocycles. The van der Waals surface area contributed by atoms with Gasteiger partial charge < -0.3 is 16.2 Å². The second-order valence-corrected chi connectivity index (χ2v) is 4.34. The van der Waals surface area contributed by atoms with Gasteiger partial charge in [0.25, 0.3) is 0 Å². The first-order valence-corrected chi connectivity index (χ1v) is 4.71. The van der Waals surface area contributed by atoms with Crippen LogP contribution in [0.3, 0.4) is 0 Å². The Labute approximate surface area is 84.9 Å². The number of nitrogens with one attached hydrogen (secondary N) is 1. The molecule has 0 fully saturated rings. The molecule has 3 nitrogen and oxygen atoms in total. The Hall–Kier alpha value is -1.22. The number of benzene rings is 1. The molecule has 1 rings (SSSR count). The number of rotatable bonds is 3. The number of phenols is 1. The average Bonchev–Trinajstić information content (AvgIpc) is 2.00. The first-order chi connectivity index (χ1) is 6.38. The lowest BCUT2D eigenvalue weighted by molar-refractivity contribution is 0.475. The van der Waals surface area contributed by atoms with Crippen molar-refractivity contribution in [2.75, 3.05) is 11.9 Å². The summed E-state index contributed by atoms with van der Waals surface area (Å²) in [7, 11) is 0. The number of anilines is 1. The monoisotopic (exact) mass is 194 g/mol. The summed E-state index contributed by atoms with van der Waals surface area (Å²) in [6.45, 7) is 6.59. The molecule has 4 N–H and O–H groups in total. The zero-order valence-electron chi connectivity index (χ0n) is 8.96. The molecule has 0 saturated carbocycles. The molecule has 78 valence electrons. The van der Waals surface area contributed by atoms with Gasteiger partial charge in [0.1, 0.15) is 5.75 Å². The molecular weight excluding hydrogens is 176 g/mol. The fourth-order valence-corrected chi connectivity index (χ4v) is 1.17. The van der Waals surface area contributed by atoms with Crippen LogP contribution in [0.15, 0.2) is 18.2 Å². The zero-order valence-corrected chi connectivity index (χ0v) is 8.96. The molecule has 3 heteroatoms. The van der Waals surface area contributed by atoms with E-state index in [1.807, 2.05) is 26.8 Å². The largest absolute Gasteiger partial charge is 0.508 e. The van der Waals surface area contributed by atoms with Crippen LogP contribution >= 0.6 is 0 Å². The first kappa shape index (κ1) is 10.9. The van der Waals surface area contributed by atoms with E-state index in [-0.39, 0.29) is 5.54 Å². The molecule has 1 aromatic carbocycles. The number of aryl methyl sites for hydroxylation is 1. The summed E-state index contributed by atoms with van der Waals surface area (Å²) in [6.07, 6.45) is 0. The highest BCUT2D eigenvalue weighted by Gasteiger charge is 2.10. The normalized spacial score (nSPS) is 11.4. The fraction of sp³-hybridized carbons (Fsp3) is 0.455. The number of hydrogen-bond donors (Lipinski definition) is 3. The minimum absolute atomic E-state index is 0.232. The van der Waals surface area contributed by atoms with Crippen LogP contribution in [-0.4, -0.2) is 17.2 Å². The maximum atomic E-state index is 9.21. The molecule has 0 spiro atoms. The molecule has 0 unspecified atom stereocenters. The third kappa shape index (κ3) is 3.26. The van der Waals surface area contributed by atoms with Gasteiger partial charge in [-0.3, -0.25) is 0 Å². The summed E-state index contributed by atoms with van der Waals surface area (Å²) in [5, 5.41) is 12.5. The van der Waals surface area contributed by atoms with Crippen molar-refractivity contribution in [1.82, 2.24) is 0 Å². The van der Waals surface area contributed by atoms with Gasteiger partial charge in [-0.15, -0.1) is 0 Å². The van der Waals surface area contributed by atoms with Gasteiger partial charge in [0.2, 0.25) is 0 Å². The van der Waals surface area contributed by atoms with Gasteiger partial charge in [-0.1, -0.05) is 0 Å². The van der Waals surface area contributed by atoms with Gasteiger partial charge >= 0.3 is 0 Å². The van der Waals surface area contributed by atoms with Crippen LogP contribution in [0.25, 0.3) is 0 Å². The van der Waals surface area contributed by atoms with Crippen molar-refractivity contribution in [3.05, 3.63) is 23.8 Å². The van der Waals surface area contributed by atoms with Gasteiger partial charge in [-0.2, -0.15) is 0 Å². The molecule has 0 amide bonds. The van der Waals surface area contributed by atoms with E-state index < -0.39 is 0 Å². The van der Waals surface area contributed by atoms with Crippen LogP contribution in [0, 0.1) is 6.92 Å². The van der Waals surface area contributed by atoms with Crippen molar-refractivity contribution in [2.45, 2.75) is 26.3 Å². The SMILES string of the molecule is Cc1cc(O)ccc1NCC(C)(C)N. The van der Waals surface area contributed by atoms with Crippen LogP contribution in [0.2, 0.25) is 0 Å².